The molecule has 0 spiro atoms. The molecule has 2 rings (SSSR count). The molecule has 0 bridgehead atoms. The average Bonchev–Trinajstić information content (AvgIpc) is 2.97. The smallest absolute Gasteiger partial charge is 0.314 e. The molecule has 0 saturated carbocycles. The summed E-state index contributed by atoms with van der Waals surface area (Å²) in [5, 5.41) is 15.6. The van der Waals surface area contributed by atoms with Crippen LogP contribution in [-0.4, -0.2) is 36.9 Å². The summed E-state index contributed by atoms with van der Waals surface area (Å²) in [6.45, 7) is 2.81. The summed E-state index contributed by atoms with van der Waals surface area (Å²) in [7, 11) is 0. The molecule has 21 heavy (non-hydrogen) atoms. The number of benzene rings is 1. The number of ether oxygens (including phenoxy) is 1. The topological polar surface area (TPSA) is 70.6 Å². The van der Waals surface area contributed by atoms with Gasteiger partial charge in [0.1, 0.15) is 11.4 Å². The number of carbonyl (C=O) groups is 1. The van der Waals surface area contributed by atoms with E-state index >= 15 is 0 Å². The third-order valence-corrected chi connectivity index (χ3v) is 3.57. The van der Waals surface area contributed by atoms with Crippen molar-refractivity contribution in [2.24, 2.45) is 0 Å². The quantitative estimate of drug-likeness (QED) is 0.771. The van der Waals surface area contributed by atoms with Crippen molar-refractivity contribution in [1.29, 1.82) is 0 Å². The predicted octanol–water partition coefficient (Wildman–Crippen LogP) is 1.51. The molecule has 0 aromatic heterocycles. The highest BCUT2D eigenvalue weighted by Crippen LogP contribution is 2.19. The van der Waals surface area contributed by atoms with Crippen molar-refractivity contribution in [2.75, 3.05) is 19.7 Å². The van der Waals surface area contributed by atoms with Gasteiger partial charge < -0.3 is 20.5 Å². The third kappa shape index (κ3) is 4.68. The van der Waals surface area contributed by atoms with Gasteiger partial charge in [-0.15, -0.1) is 0 Å². The van der Waals surface area contributed by atoms with Crippen LogP contribution >= 0.6 is 0 Å². The summed E-state index contributed by atoms with van der Waals surface area (Å²) in [6, 6.07) is 5.21. The van der Waals surface area contributed by atoms with Crippen LogP contribution in [0, 0.1) is 5.82 Å². The number of halogens is 1. The van der Waals surface area contributed by atoms with E-state index in [0.717, 1.165) is 19.4 Å². The monoisotopic (exact) mass is 296 g/mol. The van der Waals surface area contributed by atoms with E-state index in [2.05, 4.69) is 10.6 Å². The second-order valence-corrected chi connectivity index (χ2v) is 5.48. The van der Waals surface area contributed by atoms with Crippen LogP contribution in [0.5, 0.6) is 0 Å². The van der Waals surface area contributed by atoms with Gasteiger partial charge in [0.25, 0.3) is 0 Å². The first-order chi connectivity index (χ1) is 9.97. The van der Waals surface area contributed by atoms with Crippen LogP contribution in [0.15, 0.2) is 24.3 Å². The number of nitrogens with one attached hydrogen (secondary N) is 2. The Hall–Kier alpha value is -1.66. The standard InChI is InChI=1S/C15H21FN2O3/c1-15(20,11-4-6-12(16)7-5-11)10-18-14(19)17-9-13-3-2-8-21-13/h4-7,13,20H,2-3,8-10H2,1H3,(H2,17,18,19). The van der Waals surface area contributed by atoms with Gasteiger partial charge in [0, 0.05) is 13.2 Å². The minimum atomic E-state index is -1.26. The molecular formula is C15H21FN2O3. The van der Waals surface area contributed by atoms with Gasteiger partial charge in [-0.2, -0.15) is 0 Å². The molecule has 2 unspecified atom stereocenters. The van der Waals surface area contributed by atoms with Crippen LogP contribution in [0.2, 0.25) is 0 Å². The van der Waals surface area contributed by atoms with Crippen molar-refractivity contribution in [3.05, 3.63) is 35.6 Å². The van der Waals surface area contributed by atoms with Gasteiger partial charge in [-0.05, 0) is 37.5 Å². The van der Waals surface area contributed by atoms with Crippen LogP contribution in [0.1, 0.15) is 25.3 Å². The van der Waals surface area contributed by atoms with E-state index in [1.165, 1.54) is 24.3 Å². The van der Waals surface area contributed by atoms with Crippen LogP contribution in [-0.2, 0) is 10.3 Å². The first-order valence-electron chi connectivity index (χ1n) is 7.09. The Labute approximate surface area is 123 Å². The highest BCUT2D eigenvalue weighted by Gasteiger charge is 2.24. The van der Waals surface area contributed by atoms with Crippen molar-refractivity contribution >= 4 is 6.03 Å². The lowest BCUT2D eigenvalue weighted by Crippen LogP contribution is -2.45. The first kappa shape index (κ1) is 15.7. The van der Waals surface area contributed by atoms with Gasteiger partial charge in [0.2, 0.25) is 0 Å². The summed E-state index contributed by atoms with van der Waals surface area (Å²) < 4.78 is 18.3. The molecule has 2 amide bonds. The molecule has 1 aromatic carbocycles. The fourth-order valence-corrected chi connectivity index (χ4v) is 2.24. The van der Waals surface area contributed by atoms with Crippen molar-refractivity contribution in [3.63, 3.8) is 0 Å². The second kappa shape index (κ2) is 6.87. The van der Waals surface area contributed by atoms with Crippen molar-refractivity contribution in [2.45, 2.75) is 31.5 Å². The first-order valence-corrected chi connectivity index (χ1v) is 7.09. The van der Waals surface area contributed by atoms with Crippen LogP contribution < -0.4 is 10.6 Å². The van der Waals surface area contributed by atoms with E-state index in [1.807, 2.05) is 0 Å². The lowest BCUT2D eigenvalue weighted by atomic mass is 9.96. The maximum absolute atomic E-state index is 12.9. The lowest BCUT2D eigenvalue weighted by molar-refractivity contribution is 0.0590. The summed E-state index contributed by atoms with van der Waals surface area (Å²) in [5.41, 5.74) is -0.710. The van der Waals surface area contributed by atoms with E-state index in [-0.39, 0.29) is 24.5 Å². The zero-order valence-corrected chi connectivity index (χ0v) is 12.1. The zero-order chi connectivity index (χ0) is 15.3. The second-order valence-electron chi connectivity index (χ2n) is 5.48. The Bertz CT molecular complexity index is 470. The molecule has 1 aliphatic heterocycles. The maximum Gasteiger partial charge on any atom is 0.314 e. The fraction of sp³-hybridized carbons (Fsp3) is 0.533. The third-order valence-electron chi connectivity index (χ3n) is 3.57. The molecular weight excluding hydrogens is 275 g/mol. The van der Waals surface area contributed by atoms with Gasteiger partial charge in [-0.1, -0.05) is 12.1 Å². The number of hydrogen-bond acceptors (Lipinski definition) is 3. The van der Waals surface area contributed by atoms with E-state index in [9.17, 15) is 14.3 Å². The molecule has 6 heteroatoms. The normalized spacial score (nSPS) is 20.8. The number of amides is 2. The summed E-state index contributed by atoms with van der Waals surface area (Å²) >= 11 is 0. The average molecular weight is 296 g/mol. The highest BCUT2D eigenvalue weighted by atomic mass is 19.1. The van der Waals surface area contributed by atoms with Gasteiger partial charge >= 0.3 is 6.03 Å². The van der Waals surface area contributed by atoms with Crippen LogP contribution in [0.4, 0.5) is 9.18 Å². The van der Waals surface area contributed by atoms with E-state index < -0.39 is 5.60 Å². The lowest BCUT2D eigenvalue weighted by Gasteiger charge is -2.24. The molecule has 3 N–H and O–H groups in total. The number of hydrogen-bond donors (Lipinski definition) is 3. The Kier molecular flexibility index (Phi) is 5.14. The summed E-state index contributed by atoms with van der Waals surface area (Å²) in [4.78, 5) is 11.7. The molecule has 1 heterocycles. The summed E-state index contributed by atoms with van der Waals surface area (Å²) in [5.74, 6) is -0.364. The Balaban J connectivity index is 1.77. The molecule has 5 nitrogen and oxygen atoms in total. The summed E-state index contributed by atoms with van der Waals surface area (Å²) in [6.07, 6.45) is 2.05. The molecule has 1 fully saturated rings. The highest BCUT2D eigenvalue weighted by molar-refractivity contribution is 5.73. The number of urea groups is 1. The predicted molar refractivity (Wildman–Crippen MR) is 76.3 cm³/mol. The van der Waals surface area contributed by atoms with Crippen molar-refractivity contribution in [1.82, 2.24) is 10.6 Å². The Morgan fingerprint density at radius 3 is 2.76 bits per heavy atom. The Morgan fingerprint density at radius 2 is 2.14 bits per heavy atom. The maximum atomic E-state index is 12.9. The van der Waals surface area contributed by atoms with Gasteiger partial charge in [-0.3, -0.25) is 0 Å². The molecule has 1 aliphatic rings. The number of carbonyl (C=O) groups excluding carboxylic acids is 1. The Morgan fingerprint density at radius 1 is 1.43 bits per heavy atom. The van der Waals surface area contributed by atoms with Crippen molar-refractivity contribution < 1.29 is 19.0 Å². The molecule has 116 valence electrons. The van der Waals surface area contributed by atoms with Gasteiger partial charge in [0.05, 0.1) is 12.6 Å². The SMILES string of the molecule is CC(O)(CNC(=O)NCC1CCCO1)c1ccc(F)cc1. The minimum Gasteiger partial charge on any atom is -0.384 e. The minimum absolute atomic E-state index is 0.0377. The molecule has 0 radical (unpaired) electrons. The molecule has 1 aromatic rings. The molecule has 0 aliphatic carbocycles. The van der Waals surface area contributed by atoms with Crippen molar-refractivity contribution in [3.8, 4) is 0 Å². The van der Waals surface area contributed by atoms with E-state index in [1.54, 1.807) is 6.92 Å². The largest absolute Gasteiger partial charge is 0.384 e. The van der Waals surface area contributed by atoms with Crippen LogP contribution in [0.25, 0.3) is 0 Å². The molecule has 1 saturated heterocycles. The number of aliphatic hydroxyl groups is 1. The van der Waals surface area contributed by atoms with E-state index in [0.29, 0.717) is 12.1 Å². The van der Waals surface area contributed by atoms with Gasteiger partial charge in [0.15, 0.2) is 0 Å². The molecule has 2 atom stereocenters. The van der Waals surface area contributed by atoms with Crippen LogP contribution in [0.3, 0.4) is 0 Å². The number of rotatable bonds is 5. The van der Waals surface area contributed by atoms with E-state index in [4.69, 9.17) is 4.74 Å². The van der Waals surface area contributed by atoms with Gasteiger partial charge in [-0.25, -0.2) is 9.18 Å². The zero-order valence-electron chi connectivity index (χ0n) is 12.1. The fourth-order valence-electron chi connectivity index (χ4n) is 2.24.